The van der Waals surface area contributed by atoms with Crippen LogP contribution in [0.1, 0.15) is 5.56 Å². The number of hydrogen-bond donors (Lipinski definition) is 0. The Labute approximate surface area is 141 Å². The third-order valence-electron chi connectivity index (χ3n) is 3.72. The Bertz CT molecular complexity index is 651. The molecule has 1 aliphatic heterocycles. The Hall–Kier alpha value is -2.95. The molecule has 0 aliphatic carbocycles. The SMILES string of the molecule is C=CCN(CC=C)C(=O)[C@H](Cc1ccccc1)N1C(=O)C=CC1=O. The lowest BCUT2D eigenvalue weighted by atomic mass is 10.0. The highest BCUT2D eigenvalue weighted by molar-refractivity contribution is 6.15. The molecule has 5 nitrogen and oxygen atoms in total. The lowest BCUT2D eigenvalue weighted by Crippen LogP contribution is -2.52. The normalized spacial score (nSPS) is 14.6. The van der Waals surface area contributed by atoms with Gasteiger partial charge in [0.1, 0.15) is 6.04 Å². The minimum atomic E-state index is -0.887. The van der Waals surface area contributed by atoms with Crippen LogP contribution in [0.25, 0.3) is 0 Å². The van der Waals surface area contributed by atoms with E-state index in [9.17, 15) is 14.4 Å². The van der Waals surface area contributed by atoms with E-state index >= 15 is 0 Å². The molecule has 5 heteroatoms. The Balaban J connectivity index is 2.32. The molecule has 0 fully saturated rings. The predicted molar refractivity (Wildman–Crippen MR) is 91.9 cm³/mol. The molecule has 1 atom stereocenters. The zero-order valence-electron chi connectivity index (χ0n) is 13.4. The van der Waals surface area contributed by atoms with Gasteiger partial charge in [-0.2, -0.15) is 0 Å². The lowest BCUT2D eigenvalue weighted by Gasteiger charge is -2.30. The van der Waals surface area contributed by atoms with Crippen molar-refractivity contribution in [2.75, 3.05) is 13.1 Å². The molecule has 1 heterocycles. The van der Waals surface area contributed by atoms with Crippen molar-refractivity contribution in [3.05, 3.63) is 73.4 Å². The first kappa shape index (κ1) is 17.4. The summed E-state index contributed by atoms with van der Waals surface area (Å²) in [5.74, 6) is -1.23. The van der Waals surface area contributed by atoms with E-state index in [0.29, 0.717) is 13.1 Å². The summed E-state index contributed by atoms with van der Waals surface area (Å²) in [5.41, 5.74) is 0.875. The van der Waals surface area contributed by atoms with Crippen LogP contribution in [0.5, 0.6) is 0 Å². The van der Waals surface area contributed by atoms with Gasteiger partial charge >= 0.3 is 0 Å². The summed E-state index contributed by atoms with van der Waals surface area (Å²) in [6, 6.07) is 8.42. The first-order valence-corrected chi connectivity index (χ1v) is 7.68. The molecule has 0 radical (unpaired) electrons. The summed E-state index contributed by atoms with van der Waals surface area (Å²) in [4.78, 5) is 39.6. The van der Waals surface area contributed by atoms with Gasteiger partial charge in [0.15, 0.2) is 0 Å². The van der Waals surface area contributed by atoms with Crippen molar-refractivity contribution in [2.45, 2.75) is 12.5 Å². The van der Waals surface area contributed by atoms with E-state index in [1.54, 1.807) is 12.2 Å². The standard InChI is InChI=1S/C19H20N2O3/c1-3-12-20(13-4-2)19(24)16(14-15-8-6-5-7-9-15)21-17(22)10-11-18(21)23/h3-11,16H,1-2,12-14H2/t16-/m0/s1. The van der Waals surface area contributed by atoms with Crippen molar-refractivity contribution in [3.8, 4) is 0 Å². The van der Waals surface area contributed by atoms with Gasteiger partial charge in [-0.05, 0) is 5.56 Å². The van der Waals surface area contributed by atoms with Crippen LogP contribution < -0.4 is 0 Å². The maximum atomic E-state index is 13.0. The summed E-state index contributed by atoms with van der Waals surface area (Å²) >= 11 is 0. The average molecular weight is 324 g/mol. The highest BCUT2D eigenvalue weighted by Crippen LogP contribution is 2.17. The van der Waals surface area contributed by atoms with E-state index in [4.69, 9.17) is 0 Å². The topological polar surface area (TPSA) is 57.7 Å². The molecular formula is C19H20N2O3. The van der Waals surface area contributed by atoms with Crippen molar-refractivity contribution in [1.82, 2.24) is 9.80 Å². The van der Waals surface area contributed by atoms with Gasteiger partial charge in [0, 0.05) is 31.7 Å². The third kappa shape index (κ3) is 3.87. The quantitative estimate of drug-likeness (QED) is 0.540. The number of nitrogens with zero attached hydrogens (tertiary/aromatic N) is 2. The molecule has 3 amide bonds. The lowest BCUT2D eigenvalue weighted by molar-refractivity contribution is -0.149. The van der Waals surface area contributed by atoms with Gasteiger partial charge in [-0.3, -0.25) is 19.3 Å². The smallest absolute Gasteiger partial charge is 0.254 e. The molecule has 124 valence electrons. The molecule has 1 aliphatic rings. The fourth-order valence-electron chi connectivity index (χ4n) is 2.62. The van der Waals surface area contributed by atoms with Crippen LogP contribution in [0.3, 0.4) is 0 Å². The van der Waals surface area contributed by atoms with Crippen LogP contribution in [0.15, 0.2) is 67.8 Å². The second-order valence-corrected chi connectivity index (χ2v) is 5.41. The van der Waals surface area contributed by atoms with E-state index in [1.165, 1.54) is 17.1 Å². The maximum absolute atomic E-state index is 13.0. The Morgan fingerprint density at radius 2 is 1.58 bits per heavy atom. The Kier molecular flexibility index (Phi) is 5.84. The van der Waals surface area contributed by atoms with Crippen molar-refractivity contribution in [3.63, 3.8) is 0 Å². The number of imide groups is 1. The second-order valence-electron chi connectivity index (χ2n) is 5.41. The summed E-state index contributed by atoms with van der Waals surface area (Å²) in [6.07, 6.45) is 5.86. The fourth-order valence-corrected chi connectivity index (χ4v) is 2.62. The number of carbonyl (C=O) groups excluding carboxylic acids is 3. The molecule has 0 aromatic heterocycles. The highest BCUT2D eigenvalue weighted by atomic mass is 16.2. The van der Waals surface area contributed by atoms with Crippen molar-refractivity contribution >= 4 is 17.7 Å². The van der Waals surface area contributed by atoms with E-state index in [1.807, 2.05) is 30.3 Å². The third-order valence-corrected chi connectivity index (χ3v) is 3.72. The first-order chi connectivity index (χ1) is 11.6. The molecule has 24 heavy (non-hydrogen) atoms. The van der Waals surface area contributed by atoms with Crippen LogP contribution in [-0.2, 0) is 20.8 Å². The molecule has 0 saturated heterocycles. The van der Waals surface area contributed by atoms with E-state index in [2.05, 4.69) is 13.2 Å². The van der Waals surface area contributed by atoms with Crippen LogP contribution in [-0.4, -0.2) is 46.7 Å². The van der Waals surface area contributed by atoms with Crippen molar-refractivity contribution in [2.24, 2.45) is 0 Å². The Morgan fingerprint density at radius 1 is 1.04 bits per heavy atom. The summed E-state index contributed by atoms with van der Waals surface area (Å²) in [6.45, 7) is 7.93. The van der Waals surface area contributed by atoms with Gasteiger partial charge < -0.3 is 4.90 Å². The van der Waals surface area contributed by atoms with Gasteiger partial charge in [-0.15, -0.1) is 13.2 Å². The molecule has 0 bridgehead atoms. The van der Waals surface area contributed by atoms with E-state index in [-0.39, 0.29) is 12.3 Å². The first-order valence-electron chi connectivity index (χ1n) is 7.68. The summed E-state index contributed by atoms with van der Waals surface area (Å²) < 4.78 is 0. The number of hydrogen-bond acceptors (Lipinski definition) is 3. The molecule has 0 saturated carbocycles. The fraction of sp³-hybridized carbons (Fsp3) is 0.211. The number of rotatable bonds is 8. The monoisotopic (exact) mass is 324 g/mol. The second kappa shape index (κ2) is 8.06. The molecule has 0 spiro atoms. The highest BCUT2D eigenvalue weighted by Gasteiger charge is 2.37. The molecule has 0 N–H and O–H groups in total. The largest absolute Gasteiger partial charge is 0.333 e. The number of amides is 3. The molecular weight excluding hydrogens is 304 g/mol. The Morgan fingerprint density at radius 3 is 2.08 bits per heavy atom. The predicted octanol–water partition coefficient (Wildman–Crippen LogP) is 1.72. The summed E-state index contributed by atoms with van der Waals surface area (Å²) in [7, 11) is 0. The number of benzene rings is 1. The minimum absolute atomic E-state index is 0.267. The molecule has 1 aromatic carbocycles. The zero-order chi connectivity index (χ0) is 17.5. The average Bonchev–Trinajstić information content (AvgIpc) is 2.91. The van der Waals surface area contributed by atoms with Gasteiger partial charge in [0.05, 0.1) is 0 Å². The molecule has 0 unspecified atom stereocenters. The van der Waals surface area contributed by atoms with Gasteiger partial charge in [0.2, 0.25) is 5.91 Å². The van der Waals surface area contributed by atoms with E-state index in [0.717, 1.165) is 10.5 Å². The van der Waals surface area contributed by atoms with Gasteiger partial charge in [0.25, 0.3) is 11.8 Å². The maximum Gasteiger partial charge on any atom is 0.254 e. The van der Waals surface area contributed by atoms with Crippen molar-refractivity contribution < 1.29 is 14.4 Å². The van der Waals surface area contributed by atoms with E-state index < -0.39 is 17.9 Å². The van der Waals surface area contributed by atoms with Crippen LogP contribution in [0, 0.1) is 0 Å². The van der Waals surface area contributed by atoms with Gasteiger partial charge in [-0.25, -0.2) is 0 Å². The van der Waals surface area contributed by atoms with Crippen LogP contribution >= 0.6 is 0 Å². The number of carbonyl (C=O) groups is 3. The zero-order valence-corrected chi connectivity index (χ0v) is 13.4. The van der Waals surface area contributed by atoms with Gasteiger partial charge in [-0.1, -0.05) is 42.5 Å². The molecule has 1 aromatic rings. The van der Waals surface area contributed by atoms with Crippen molar-refractivity contribution in [1.29, 1.82) is 0 Å². The van der Waals surface area contributed by atoms with Crippen LogP contribution in [0.2, 0.25) is 0 Å². The minimum Gasteiger partial charge on any atom is -0.333 e. The van der Waals surface area contributed by atoms with Crippen LogP contribution in [0.4, 0.5) is 0 Å². The summed E-state index contributed by atoms with van der Waals surface area (Å²) in [5, 5.41) is 0. The molecule has 2 rings (SSSR count).